The standard InChI is InChI=1S/C35H49N5O5SSi/c1-25(2)23-46(41)39-35(15-16-43-24-35)32-13-10-12-29(38-32)26-19-30-28(31(20-26)44-18-17-42-6)21-36-40(30)33-14-9-11-27(37-33)22-45-47(7,8)34(3,4)5/h9-14,19-21,25,39H,15-18,22-24H2,1-8H3/t35?,46-/m1/s1. The first-order valence-electron chi connectivity index (χ1n) is 16.3. The Labute approximate surface area is 283 Å². The molecule has 0 aliphatic carbocycles. The molecular weight excluding hydrogens is 631 g/mol. The van der Waals surface area contributed by atoms with Crippen LogP contribution in [-0.4, -0.2) is 71.9 Å². The van der Waals surface area contributed by atoms with Gasteiger partial charge >= 0.3 is 0 Å². The summed E-state index contributed by atoms with van der Waals surface area (Å²) in [6, 6.07) is 16.0. The molecule has 47 heavy (non-hydrogen) atoms. The van der Waals surface area contributed by atoms with Gasteiger partial charge in [-0.3, -0.25) is 4.98 Å². The first-order valence-corrected chi connectivity index (χ1v) is 20.5. The van der Waals surface area contributed by atoms with Gasteiger partial charge in [-0.25, -0.2) is 9.67 Å². The van der Waals surface area contributed by atoms with Gasteiger partial charge in [-0.2, -0.15) is 5.10 Å². The van der Waals surface area contributed by atoms with E-state index in [0.717, 1.165) is 33.5 Å². The van der Waals surface area contributed by atoms with Crippen LogP contribution in [-0.2, 0) is 37.4 Å². The molecular formula is C35H49N5O5SSi. The molecule has 1 saturated heterocycles. The summed E-state index contributed by atoms with van der Waals surface area (Å²) in [6.45, 7) is 17.6. The van der Waals surface area contributed by atoms with Gasteiger partial charge < -0.3 is 23.2 Å². The summed E-state index contributed by atoms with van der Waals surface area (Å²) in [5.41, 5.74) is 3.49. The highest BCUT2D eigenvalue weighted by Gasteiger charge is 2.42. The Morgan fingerprint density at radius 3 is 2.60 bits per heavy atom. The van der Waals surface area contributed by atoms with Crippen molar-refractivity contribution in [3.8, 4) is 22.8 Å². The molecule has 0 spiro atoms. The second-order valence-corrected chi connectivity index (χ2v) is 20.2. The van der Waals surface area contributed by atoms with E-state index >= 15 is 0 Å². The van der Waals surface area contributed by atoms with Crippen LogP contribution in [0.25, 0.3) is 28.0 Å². The Bertz CT molecular complexity index is 1650. The predicted octanol–water partition coefficient (Wildman–Crippen LogP) is 6.55. The number of hydrogen-bond acceptors (Lipinski definition) is 9. The van der Waals surface area contributed by atoms with Crippen LogP contribution in [0.1, 0.15) is 52.4 Å². The molecule has 4 heterocycles. The second-order valence-electron chi connectivity index (χ2n) is 14.1. The zero-order valence-corrected chi connectivity index (χ0v) is 30.8. The maximum atomic E-state index is 13.0. The van der Waals surface area contributed by atoms with Gasteiger partial charge in [0.25, 0.3) is 0 Å². The molecule has 0 amide bonds. The average molecular weight is 680 g/mol. The fourth-order valence-electron chi connectivity index (χ4n) is 5.24. The quantitative estimate of drug-likeness (QED) is 0.0900. The van der Waals surface area contributed by atoms with E-state index in [1.165, 1.54) is 0 Å². The van der Waals surface area contributed by atoms with Crippen LogP contribution < -0.4 is 9.46 Å². The van der Waals surface area contributed by atoms with E-state index in [2.05, 4.69) is 58.5 Å². The maximum Gasteiger partial charge on any atom is 0.192 e. The van der Waals surface area contributed by atoms with Gasteiger partial charge in [-0.1, -0.05) is 46.8 Å². The second kappa shape index (κ2) is 14.7. The number of aromatic nitrogens is 4. The van der Waals surface area contributed by atoms with E-state index in [0.29, 0.717) is 62.7 Å². The van der Waals surface area contributed by atoms with Crippen molar-refractivity contribution in [3.63, 3.8) is 0 Å². The van der Waals surface area contributed by atoms with Crippen LogP contribution in [0.2, 0.25) is 18.1 Å². The van der Waals surface area contributed by atoms with E-state index in [1.54, 1.807) is 7.11 Å². The Morgan fingerprint density at radius 2 is 1.89 bits per heavy atom. The van der Waals surface area contributed by atoms with Crippen LogP contribution in [0.5, 0.6) is 5.75 Å². The number of methoxy groups -OCH3 is 1. The van der Waals surface area contributed by atoms with Crippen molar-refractivity contribution in [2.75, 3.05) is 39.3 Å². The molecule has 5 rings (SSSR count). The van der Waals surface area contributed by atoms with Gasteiger partial charge in [0.2, 0.25) is 0 Å². The topological polar surface area (TPSA) is 116 Å². The summed E-state index contributed by atoms with van der Waals surface area (Å²) in [5.74, 6) is 2.23. The smallest absolute Gasteiger partial charge is 0.192 e. The van der Waals surface area contributed by atoms with E-state index in [9.17, 15) is 4.55 Å². The Kier molecular flexibility index (Phi) is 11.1. The largest absolute Gasteiger partial charge is 0.598 e. The van der Waals surface area contributed by atoms with Crippen LogP contribution in [0.3, 0.4) is 0 Å². The first kappa shape index (κ1) is 35.5. The van der Waals surface area contributed by atoms with Crippen LogP contribution in [0, 0.1) is 5.92 Å². The average Bonchev–Trinajstić information content (AvgIpc) is 3.68. The van der Waals surface area contributed by atoms with Crippen molar-refractivity contribution in [1.29, 1.82) is 0 Å². The van der Waals surface area contributed by atoms with Crippen molar-refractivity contribution in [2.45, 2.75) is 71.3 Å². The summed E-state index contributed by atoms with van der Waals surface area (Å²) in [5, 5.41) is 5.72. The molecule has 1 aliphatic heterocycles. The molecule has 1 N–H and O–H groups in total. The highest BCUT2D eigenvalue weighted by atomic mass is 32.2. The zero-order chi connectivity index (χ0) is 33.8. The molecule has 10 nitrogen and oxygen atoms in total. The maximum absolute atomic E-state index is 13.0. The minimum atomic E-state index is -1.95. The Morgan fingerprint density at radius 1 is 1.11 bits per heavy atom. The lowest BCUT2D eigenvalue weighted by molar-refractivity contribution is 0.147. The monoisotopic (exact) mass is 679 g/mol. The number of nitrogens with zero attached hydrogens (tertiary/aromatic N) is 4. The lowest BCUT2D eigenvalue weighted by Crippen LogP contribution is -2.48. The van der Waals surface area contributed by atoms with E-state index in [-0.39, 0.29) is 5.04 Å². The summed E-state index contributed by atoms with van der Waals surface area (Å²) >= 11 is -1.22. The molecule has 3 aromatic heterocycles. The van der Waals surface area contributed by atoms with Crippen molar-refractivity contribution < 1.29 is 23.2 Å². The summed E-state index contributed by atoms with van der Waals surface area (Å²) in [4.78, 5) is 10.1. The Hall–Kier alpha value is -2.84. The predicted molar refractivity (Wildman–Crippen MR) is 190 cm³/mol. The molecule has 0 saturated carbocycles. The third-order valence-electron chi connectivity index (χ3n) is 8.94. The van der Waals surface area contributed by atoms with Gasteiger partial charge in [0.1, 0.15) is 23.6 Å². The summed E-state index contributed by atoms with van der Waals surface area (Å²) in [7, 11) is -0.292. The molecule has 1 fully saturated rings. The van der Waals surface area contributed by atoms with Gasteiger partial charge in [0, 0.05) is 37.1 Å². The molecule has 1 aromatic carbocycles. The highest BCUT2D eigenvalue weighted by molar-refractivity contribution is 7.89. The highest BCUT2D eigenvalue weighted by Crippen LogP contribution is 2.38. The molecule has 12 heteroatoms. The molecule has 254 valence electrons. The minimum Gasteiger partial charge on any atom is -0.598 e. The number of nitrogens with one attached hydrogen (secondary N) is 1. The van der Waals surface area contributed by atoms with Gasteiger partial charge in [0.05, 0.1) is 54.0 Å². The molecule has 2 atom stereocenters. The minimum absolute atomic E-state index is 0.107. The lowest BCUT2D eigenvalue weighted by Gasteiger charge is -2.36. The normalized spacial score (nSPS) is 17.9. The van der Waals surface area contributed by atoms with Crippen LogP contribution in [0.15, 0.2) is 54.7 Å². The van der Waals surface area contributed by atoms with Crippen molar-refractivity contribution in [3.05, 3.63) is 66.1 Å². The molecule has 0 radical (unpaired) electrons. The number of hydrogen-bond donors (Lipinski definition) is 1. The number of benzene rings is 1. The van der Waals surface area contributed by atoms with Crippen LogP contribution in [0.4, 0.5) is 0 Å². The van der Waals surface area contributed by atoms with Crippen LogP contribution >= 0.6 is 0 Å². The van der Waals surface area contributed by atoms with E-state index in [4.69, 9.17) is 33.7 Å². The van der Waals surface area contributed by atoms with E-state index < -0.39 is 25.2 Å². The number of ether oxygens (including phenoxy) is 3. The van der Waals surface area contributed by atoms with E-state index in [1.807, 2.05) is 53.3 Å². The van der Waals surface area contributed by atoms with Gasteiger partial charge in [-0.15, -0.1) is 4.72 Å². The van der Waals surface area contributed by atoms with Gasteiger partial charge in [-0.05, 0) is 60.4 Å². The SMILES string of the molecule is COCCOc1cc(-c2cccc(C3(N[S@+]([O-])CC(C)C)CCOC3)n2)cc2c1cnn2-c1cccc(CO[Si](C)(C)C(C)(C)C)n1. The Balaban J connectivity index is 1.53. The lowest BCUT2D eigenvalue weighted by atomic mass is 9.94. The number of pyridine rings is 2. The fourth-order valence-corrected chi connectivity index (χ4v) is 7.57. The molecule has 0 bridgehead atoms. The number of fused-ring (bicyclic) bond motifs is 1. The third-order valence-corrected chi connectivity index (χ3v) is 15.0. The third kappa shape index (κ3) is 8.25. The van der Waals surface area contributed by atoms with Crippen molar-refractivity contribution in [1.82, 2.24) is 24.5 Å². The number of rotatable bonds is 14. The molecule has 1 aliphatic rings. The van der Waals surface area contributed by atoms with Crippen molar-refractivity contribution in [2.24, 2.45) is 5.92 Å². The summed E-state index contributed by atoms with van der Waals surface area (Å²) < 4.78 is 42.0. The summed E-state index contributed by atoms with van der Waals surface area (Å²) in [6.07, 6.45) is 2.50. The fraction of sp³-hybridized carbons (Fsp3) is 0.514. The van der Waals surface area contributed by atoms with Gasteiger partial charge in [0.15, 0.2) is 14.1 Å². The molecule has 1 unspecified atom stereocenters. The zero-order valence-electron chi connectivity index (χ0n) is 29.0. The van der Waals surface area contributed by atoms with Crippen molar-refractivity contribution >= 4 is 30.6 Å². The first-order chi connectivity index (χ1) is 22.3. The molecule has 4 aromatic rings.